The molecule has 0 bridgehead atoms. The highest BCUT2D eigenvalue weighted by Gasteiger charge is 2.26. The molecule has 2 atom stereocenters. The van der Waals surface area contributed by atoms with E-state index in [0.717, 1.165) is 0 Å². The lowest BCUT2D eigenvalue weighted by Gasteiger charge is -2.35. The fourth-order valence-electron chi connectivity index (χ4n) is 2.05. The number of halogens is 1. The summed E-state index contributed by atoms with van der Waals surface area (Å²) in [5.41, 5.74) is 6.27. The molecule has 2 unspecified atom stereocenters. The molecule has 2 rings (SSSR count). The van der Waals surface area contributed by atoms with Crippen molar-refractivity contribution in [3.8, 4) is 0 Å². The molecule has 1 aromatic heterocycles. The van der Waals surface area contributed by atoms with Crippen LogP contribution < -0.4 is 10.6 Å². The van der Waals surface area contributed by atoms with Crippen molar-refractivity contribution >= 4 is 5.82 Å². The Kier molecular flexibility index (Phi) is 4.08. The van der Waals surface area contributed by atoms with Crippen LogP contribution in [0.15, 0.2) is 6.33 Å². The summed E-state index contributed by atoms with van der Waals surface area (Å²) < 4.78 is 19.7. The van der Waals surface area contributed by atoms with Gasteiger partial charge in [-0.05, 0) is 13.3 Å². The van der Waals surface area contributed by atoms with E-state index in [0.29, 0.717) is 37.6 Å². The molecule has 0 aliphatic carbocycles. The Morgan fingerprint density at radius 1 is 1.61 bits per heavy atom. The van der Waals surface area contributed by atoms with Crippen LogP contribution in [-0.2, 0) is 11.2 Å². The number of nitrogens with two attached hydrogens (primary N) is 1. The molecule has 0 aromatic carbocycles. The van der Waals surface area contributed by atoms with E-state index in [9.17, 15) is 4.39 Å². The van der Waals surface area contributed by atoms with Gasteiger partial charge in [0.2, 0.25) is 0 Å². The van der Waals surface area contributed by atoms with Crippen LogP contribution in [0.25, 0.3) is 0 Å². The first kappa shape index (κ1) is 13.2. The molecule has 1 aliphatic heterocycles. The lowest BCUT2D eigenvalue weighted by atomic mass is 10.1. The van der Waals surface area contributed by atoms with E-state index in [1.54, 1.807) is 0 Å². The molecule has 2 N–H and O–H groups in total. The Bertz CT molecular complexity index is 413. The number of anilines is 1. The van der Waals surface area contributed by atoms with Gasteiger partial charge in [0.15, 0.2) is 11.6 Å². The second-order valence-electron chi connectivity index (χ2n) is 4.53. The van der Waals surface area contributed by atoms with Crippen molar-refractivity contribution in [2.24, 2.45) is 5.73 Å². The number of rotatable bonds is 3. The van der Waals surface area contributed by atoms with E-state index in [4.69, 9.17) is 10.5 Å². The third-order valence-corrected chi connectivity index (χ3v) is 3.16. The molecule has 0 saturated carbocycles. The van der Waals surface area contributed by atoms with Gasteiger partial charge in [0.05, 0.1) is 18.4 Å². The number of aryl methyl sites for hydroxylation is 1. The van der Waals surface area contributed by atoms with Gasteiger partial charge < -0.3 is 15.4 Å². The summed E-state index contributed by atoms with van der Waals surface area (Å²) in [6, 6.07) is -0.0802. The Labute approximate surface area is 106 Å². The number of morpholine rings is 1. The minimum Gasteiger partial charge on any atom is -0.373 e. The van der Waals surface area contributed by atoms with Crippen LogP contribution >= 0.6 is 0 Å². The molecule has 0 radical (unpaired) electrons. The molecule has 5 nitrogen and oxygen atoms in total. The van der Waals surface area contributed by atoms with Gasteiger partial charge in [-0.25, -0.2) is 14.4 Å². The fraction of sp³-hybridized carbons (Fsp3) is 0.667. The fourth-order valence-corrected chi connectivity index (χ4v) is 2.05. The molecule has 18 heavy (non-hydrogen) atoms. The number of hydrogen-bond acceptors (Lipinski definition) is 5. The van der Waals surface area contributed by atoms with Gasteiger partial charge in [-0.1, -0.05) is 6.92 Å². The summed E-state index contributed by atoms with van der Waals surface area (Å²) in [5, 5.41) is 0. The zero-order valence-electron chi connectivity index (χ0n) is 10.8. The van der Waals surface area contributed by atoms with Crippen molar-refractivity contribution in [2.45, 2.75) is 32.4 Å². The molecule has 1 saturated heterocycles. The van der Waals surface area contributed by atoms with Crippen molar-refractivity contribution in [3.05, 3.63) is 17.8 Å². The smallest absolute Gasteiger partial charge is 0.187 e. The highest BCUT2D eigenvalue weighted by Crippen LogP contribution is 2.21. The topological polar surface area (TPSA) is 64.3 Å². The number of hydrogen-bond donors (Lipinski definition) is 1. The average molecular weight is 254 g/mol. The summed E-state index contributed by atoms with van der Waals surface area (Å²) in [6.07, 6.45) is 1.88. The zero-order valence-corrected chi connectivity index (χ0v) is 10.8. The number of aromatic nitrogens is 2. The van der Waals surface area contributed by atoms with Crippen LogP contribution in [0.3, 0.4) is 0 Å². The Balaban J connectivity index is 2.20. The van der Waals surface area contributed by atoms with Crippen molar-refractivity contribution in [3.63, 3.8) is 0 Å². The lowest BCUT2D eigenvalue weighted by Crippen LogP contribution is -2.50. The van der Waals surface area contributed by atoms with Gasteiger partial charge >= 0.3 is 0 Å². The second-order valence-corrected chi connectivity index (χ2v) is 4.53. The number of ether oxygens (including phenoxy) is 1. The summed E-state index contributed by atoms with van der Waals surface area (Å²) in [4.78, 5) is 9.87. The van der Waals surface area contributed by atoms with Crippen LogP contribution in [0.5, 0.6) is 0 Å². The SMILES string of the molecule is CCc1ncnc(N2CCOC(C(C)N)C2)c1F. The molecular formula is C12H19FN4O. The molecule has 1 fully saturated rings. The van der Waals surface area contributed by atoms with Crippen molar-refractivity contribution in [1.82, 2.24) is 9.97 Å². The third-order valence-electron chi connectivity index (χ3n) is 3.16. The van der Waals surface area contributed by atoms with Gasteiger partial charge in [0, 0.05) is 19.1 Å². The van der Waals surface area contributed by atoms with Crippen LogP contribution in [-0.4, -0.2) is 41.8 Å². The Morgan fingerprint density at radius 2 is 2.39 bits per heavy atom. The monoisotopic (exact) mass is 254 g/mol. The van der Waals surface area contributed by atoms with E-state index in [1.165, 1.54) is 6.33 Å². The Hall–Kier alpha value is -1.27. The van der Waals surface area contributed by atoms with E-state index >= 15 is 0 Å². The molecule has 1 aromatic rings. The molecular weight excluding hydrogens is 235 g/mol. The van der Waals surface area contributed by atoms with Gasteiger partial charge in [-0.3, -0.25) is 0 Å². The van der Waals surface area contributed by atoms with Gasteiger partial charge in [0.25, 0.3) is 0 Å². The summed E-state index contributed by atoms with van der Waals surface area (Å²) in [7, 11) is 0. The maximum absolute atomic E-state index is 14.1. The maximum atomic E-state index is 14.1. The third kappa shape index (κ3) is 2.59. The standard InChI is InChI=1S/C12H19FN4O/c1-3-9-11(13)12(16-7-15-9)17-4-5-18-10(6-17)8(2)14/h7-8,10H,3-6,14H2,1-2H3. The van der Waals surface area contributed by atoms with E-state index < -0.39 is 0 Å². The molecule has 100 valence electrons. The van der Waals surface area contributed by atoms with E-state index in [2.05, 4.69) is 9.97 Å². The van der Waals surface area contributed by atoms with Gasteiger partial charge in [0.1, 0.15) is 6.33 Å². The highest BCUT2D eigenvalue weighted by molar-refractivity contribution is 5.41. The lowest BCUT2D eigenvalue weighted by molar-refractivity contribution is 0.0271. The van der Waals surface area contributed by atoms with Gasteiger partial charge in [-0.2, -0.15) is 0 Å². The van der Waals surface area contributed by atoms with E-state index in [-0.39, 0.29) is 18.0 Å². The van der Waals surface area contributed by atoms with Gasteiger partial charge in [-0.15, -0.1) is 0 Å². The van der Waals surface area contributed by atoms with Crippen LogP contribution in [0.1, 0.15) is 19.5 Å². The summed E-state index contributed by atoms with van der Waals surface area (Å²) in [6.45, 7) is 5.49. The second kappa shape index (κ2) is 5.58. The number of nitrogens with zero attached hydrogens (tertiary/aromatic N) is 3. The van der Waals surface area contributed by atoms with Crippen molar-refractivity contribution in [2.75, 3.05) is 24.6 Å². The summed E-state index contributed by atoms with van der Waals surface area (Å²) in [5.74, 6) is 0.0288. The zero-order chi connectivity index (χ0) is 13.1. The van der Waals surface area contributed by atoms with Crippen LogP contribution in [0, 0.1) is 5.82 Å². The molecule has 0 spiro atoms. The highest BCUT2D eigenvalue weighted by atomic mass is 19.1. The van der Waals surface area contributed by atoms with Crippen LogP contribution in [0.4, 0.5) is 10.2 Å². The quantitative estimate of drug-likeness (QED) is 0.861. The predicted octanol–water partition coefficient (Wildman–Crippen LogP) is 0.731. The normalized spacial score (nSPS) is 22.0. The largest absolute Gasteiger partial charge is 0.373 e. The van der Waals surface area contributed by atoms with Crippen LogP contribution in [0.2, 0.25) is 0 Å². The molecule has 6 heteroatoms. The van der Waals surface area contributed by atoms with E-state index in [1.807, 2.05) is 18.7 Å². The minimum atomic E-state index is -0.328. The summed E-state index contributed by atoms with van der Waals surface area (Å²) >= 11 is 0. The van der Waals surface area contributed by atoms with Crippen molar-refractivity contribution in [1.29, 1.82) is 0 Å². The first-order chi connectivity index (χ1) is 8.63. The molecule has 0 amide bonds. The Morgan fingerprint density at radius 3 is 3.06 bits per heavy atom. The molecule has 1 aliphatic rings. The first-order valence-electron chi connectivity index (χ1n) is 6.25. The predicted molar refractivity (Wildman–Crippen MR) is 67.0 cm³/mol. The first-order valence-corrected chi connectivity index (χ1v) is 6.25. The molecule has 2 heterocycles. The minimum absolute atomic E-state index is 0.0802. The average Bonchev–Trinajstić information content (AvgIpc) is 2.39. The maximum Gasteiger partial charge on any atom is 0.187 e. The van der Waals surface area contributed by atoms with Crippen molar-refractivity contribution < 1.29 is 9.13 Å².